The summed E-state index contributed by atoms with van der Waals surface area (Å²) in [5.41, 5.74) is 6.65. The third-order valence-electron chi connectivity index (χ3n) is 5.05. The Morgan fingerprint density at radius 3 is 2.16 bits per heavy atom. The quantitative estimate of drug-likeness (QED) is 0.380. The van der Waals surface area contributed by atoms with Gasteiger partial charge < -0.3 is 4.57 Å². The van der Waals surface area contributed by atoms with Gasteiger partial charge in [0.15, 0.2) is 0 Å². The lowest BCUT2D eigenvalue weighted by molar-refractivity contribution is 0.642. The van der Waals surface area contributed by atoms with E-state index in [1.54, 1.807) is 0 Å². The van der Waals surface area contributed by atoms with Gasteiger partial charge in [0.25, 0.3) is 0 Å². The molecule has 0 aliphatic heterocycles. The smallest absolute Gasteiger partial charge is 0.0494 e. The largest absolute Gasteiger partial charge is 0.338 e. The van der Waals surface area contributed by atoms with E-state index < -0.39 is 0 Å². The van der Waals surface area contributed by atoms with Crippen LogP contribution in [0.15, 0.2) is 66.7 Å². The van der Waals surface area contributed by atoms with E-state index in [1.807, 2.05) is 0 Å². The van der Waals surface area contributed by atoms with E-state index in [9.17, 15) is 0 Å². The van der Waals surface area contributed by atoms with Gasteiger partial charge in [0.05, 0.1) is 0 Å². The lowest BCUT2D eigenvalue weighted by Crippen LogP contribution is -1.99. The fourth-order valence-electron chi connectivity index (χ4n) is 3.89. The molecule has 1 nitrogen and oxygen atoms in total. The SMILES string of the molecule is CCCc1ccc(-c2ccc3c(c2)c2ccccc2n3C(C)C)cc1. The molecule has 0 atom stereocenters. The summed E-state index contributed by atoms with van der Waals surface area (Å²) < 4.78 is 2.44. The molecule has 0 radical (unpaired) electrons. The summed E-state index contributed by atoms with van der Waals surface area (Å²) in [6.07, 6.45) is 2.35. The Kier molecular flexibility index (Phi) is 4.09. The molecule has 0 aliphatic carbocycles. The molecule has 4 rings (SSSR count). The summed E-state index contributed by atoms with van der Waals surface area (Å²) in [7, 11) is 0. The van der Waals surface area contributed by atoms with Crippen molar-refractivity contribution in [2.75, 3.05) is 0 Å². The van der Waals surface area contributed by atoms with Crippen molar-refractivity contribution in [1.29, 1.82) is 0 Å². The van der Waals surface area contributed by atoms with Gasteiger partial charge in [-0.15, -0.1) is 0 Å². The third-order valence-corrected chi connectivity index (χ3v) is 5.05. The van der Waals surface area contributed by atoms with Crippen molar-refractivity contribution in [3.63, 3.8) is 0 Å². The molecule has 0 spiro atoms. The standard InChI is InChI=1S/C24H25N/c1-4-7-18-10-12-19(13-11-18)20-14-15-24-22(16-20)21-8-5-6-9-23(21)25(24)17(2)3/h5-6,8-17H,4,7H2,1-3H3. The zero-order valence-electron chi connectivity index (χ0n) is 15.3. The molecular formula is C24H25N. The van der Waals surface area contributed by atoms with E-state index in [0.29, 0.717) is 6.04 Å². The second-order valence-corrected chi connectivity index (χ2v) is 7.16. The Morgan fingerprint density at radius 1 is 0.760 bits per heavy atom. The molecule has 4 aromatic rings. The zero-order chi connectivity index (χ0) is 17.4. The highest BCUT2D eigenvalue weighted by Gasteiger charge is 2.13. The average Bonchev–Trinajstić information content (AvgIpc) is 2.96. The number of nitrogens with zero attached hydrogens (tertiary/aromatic N) is 1. The number of aryl methyl sites for hydroxylation is 1. The first kappa shape index (κ1) is 16.0. The molecule has 0 saturated heterocycles. The first-order valence-electron chi connectivity index (χ1n) is 9.31. The summed E-state index contributed by atoms with van der Waals surface area (Å²) in [5, 5.41) is 2.69. The van der Waals surface area contributed by atoms with Crippen LogP contribution >= 0.6 is 0 Å². The monoisotopic (exact) mass is 327 g/mol. The fourth-order valence-corrected chi connectivity index (χ4v) is 3.89. The molecule has 0 aliphatic rings. The van der Waals surface area contributed by atoms with E-state index in [2.05, 4.69) is 92.1 Å². The van der Waals surface area contributed by atoms with Crippen LogP contribution in [0.4, 0.5) is 0 Å². The van der Waals surface area contributed by atoms with Crippen LogP contribution in [0.25, 0.3) is 32.9 Å². The van der Waals surface area contributed by atoms with Gasteiger partial charge in [0, 0.05) is 27.8 Å². The van der Waals surface area contributed by atoms with Crippen LogP contribution in [0.3, 0.4) is 0 Å². The fraction of sp³-hybridized carbons (Fsp3) is 0.250. The van der Waals surface area contributed by atoms with Crippen LogP contribution in [0.1, 0.15) is 38.8 Å². The number of rotatable bonds is 4. The lowest BCUT2D eigenvalue weighted by atomic mass is 10.0. The van der Waals surface area contributed by atoms with E-state index in [0.717, 1.165) is 6.42 Å². The minimum absolute atomic E-state index is 0.446. The van der Waals surface area contributed by atoms with E-state index in [4.69, 9.17) is 0 Å². The summed E-state index contributed by atoms with van der Waals surface area (Å²) in [6.45, 7) is 6.74. The maximum Gasteiger partial charge on any atom is 0.0494 e. The van der Waals surface area contributed by atoms with Crippen LogP contribution < -0.4 is 0 Å². The molecule has 0 amide bonds. The average molecular weight is 327 g/mol. The van der Waals surface area contributed by atoms with E-state index >= 15 is 0 Å². The summed E-state index contributed by atoms with van der Waals surface area (Å²) in [4.78, 5) is 0. The third kappa shape index (κ3) is 2.74. The first-order valence-corrected chi connectivity index (χ1v) is 9.31. The highest BCUT2D eigenvalue weighted by atomic mass is 15.0. The molecule has 126 valence electrons. The summed E-state index contributed by atoms with van der Waals surface area (Å²) in [5.74, 6) is 0. The highest BCUT2D eigenvalue weighted by molar-refractivity contribution is 6.09. The number of aromatic nitrogens is 1. The number of benzene rings is 3. The topological polar surface area (TPSA) is 4.93 Å². The highest BCUT2D eigenvalue weighted by Crippen LogP contribution is 2.34. The van der Waals surface area contributed by atoms with Crippen LogP contribution in [0.5, 0.6) is 0 Å². The Labute approximate surface area is 149 Å². The van der Waals surface area contributed by atoms with E-state index in [1.165, 1.54) is 44.9 Å². The van der Waals surface area contributed by atoms with Crippen molar-refractivity contribution in [3.05, 3.63) is 72.3 Å². The Bertz CT molecular complexity index is 1020. The molecular weight excluding hydrogens is 302 g/mol. The van der Waals surface area contributed by atoms with Crippen LogP contribution in [0.2, 0.25) is 0 Å². The van der Waals surface area contributed by atoms with Crippen LogP contribution in [-0.4, -0.2) is 4.57 Å². The maximum absolute atomic E-state index is 2.44. The molecule has 1 heterocycles. The van der Waals surface area contributed by atoms with Gasteiger partial charge in [0.1, 0.15) is 0 Å². The van der Waals surface area contributed by atoms with Gasteiger partial charge in [-0.2, -0.15) is 0 Å². The predicted octanol–water partition coefficient (Wildman–Crippen LogP) is 6.99. The normalized spacial score (nSPS) is 11.7. The molecule has 0 unspecified atom stereocenters. The van der Waals surface area contributed by atoms with Crippen LogP contribution in [0, 0.1) is 0 Å². The number of para-hydroxylation sites is 1. The lowest BCUT2D eigenvalue weighted by Gasteiger charge is -2.11. The second kappa shape index (κ2) is 6.40. The van der Waals surface area contributed by atoms with Crippen LogP contribution in [-0.2, 0) is 6.42 Å². The molecule has 0 bridgehead atoms. The van der Waals surface area contributed by atoms with Crippen molar-refractivity contribution < 1.29 is 0 Å². The van der Waals surface area contributed by atoms with Crippen molar-refractivity contribution >= 4 is 21.8 Å². The van der Waals surface area contributed by atoms with Gasteiger partial charge in [0.2, 0.25) is 0 Å². The predicted molar refractivity (Wildman–Crippen MR) is 109 cm³/mol. The minimum atomic E-state index is 0.446. The van der Waals surface area contributed by atoms with Gasteiger partial charge in [-0.3, -0.25) is 0 Å². The van der Waals surface area contributed by atoms with Crippen molar-refractivity contribution in [3.8, 4) is 11.1 Å². The Hall–Kier alpha value is -2.54. The summed E-state index contributed by atoms with van der Waals surface area (Å²) >= 11 is 0. The number of hydrogen-bond acceptors (Lipinski definition) is 0. The number of fused-ring (bicyclic) bond motifs is 3. The first-order chi connectivity index (χ1) is 12.2. The molecule has 25 heavy (non-hydrogen) atoms. The molecule has 0 fully saturated rings. The minimum Gasteiger partial charge on any atom is -0.338 e. The maximum atomic E-state index is 2.44. The van der Waals surface area contributed by atoms with Gasteiger partial charge in [-0.1, -0.05) is 61.9 Å². The Morgan fingerprint density at radius 2 is 1.44 bits per heavy atom. The number of hydrogen-bond donors (Lipinski definition) is 0. The van der Waals surface area contributed by atoms with Gasteiger partial charge in [-0.25, -0.2) is 0 Å². The van der Waals surface area contributed by atoms with Crippen molar-refractivity contribution in [2.45, 2.75) is 39.7 Å². The summed E-state index contributed by atoms with van der Waals surface area (Å²) in [6, 6.07) is 25.1. The van der Waals surface area contributed by atoms with Crippen molar-refractivity contribution in [1.82, 2.24) is 4.57 Å². The molecule has 3 aromatic carbocycles. The molecule has 1 aromatic heterocycles. The molecule has 1 heteroatoms. The zero-order valence-corrected chi connectivity index (χ0v) is 15.3. The van der Waals surface area contributed by atoms with Gasteiger partial charge in [-0.05, 0) is 55.2 Å². The van der Waals surface area contributed by atoms with Gasteiger partial charge >= 0.3 is 0 Å². The van der Waals surface area contributed by atoms with E-state index in [-0.39, 0.29) is 0 Å². The van der Waals surface area contributed by atoms with Crippen molar-refractivity contribution in [2.24, 2.45) is 0 Å². The second-order valence-electron chi connectivity index (χ2n) is 7.16. The molecule has 0 N–H and O–H groups in total. The molecule has 0 saturated carbocycles. The Balaban J connectivity index is 1.89.